The average molecular weight is 355 g/mol. The smallest absolute Gasteiger partial charge is 0.355 e. The van der Waals surface area contributed by atoms with Gasteiger partial charge in [-0.25, -0.2) is 9.59 Å². The zero-order valence-electron chi connectivity index (χ0n) is 13.0. The Morgan fingerprint density at radius 2 is 1.88 bits per heavy atom. The van der Waals surface area contributed by atoms with Crippen LogP contribution in [0, 0.1) is 0 Å². The fourth-order valence-electron chi connectivity index (χ4n) is 2.22. The van der Waals surface area contributed by atoms with Gasteiger partial charge in [0.05, 0.1) is 37.0 Å². The van der Waals surface area contributed by atoms with Crippen LogP contribution in [-0.4, -0.2) is 45.4 Å². The number of carbonyl (C=O) groups is 3. The van der Waals surface area contributed by atoms with Gasteiger partial charge in [-0.2, -0.15) is 0 Å². The molecule has 2 rings (SSSR count). The Kier molecular flexibility index (Phi) is 5.42. The molecule has 0 unspecified atom stereocenters. The molecular weight excluding hydrogens is 340 g/mol. The number of amides is 1. The Bertz CT molecular complexity index is 731. The average Bonchev–Trinajstić information content (AvgIpc) is 2.59. The van der Waals surface area contributed by atoms with Crippen molar-refractivity contribution in [1.82, 2.24) is 0 Å². The van der Waals surface area contributed by atoms with Gasteiger partial charge < -0.3 is 24.8 Å². The molecule has 1 aromatic rings. The standard InChI is InChI=1S/C15H15ClN2O6/c1-22-14(20)10-6-24-7-18(12(10)15(21)23-2)8-3-4-9(13(17)19)11(16)5-8/h3-5H,6-7H2,1-2H3,(H2,17,19). The van der Waals surface area contributed by atoms with E-state index >= 15 is 0 Å². The Balaban J connectivity index is 2.54. The summed E-state index contributed by atoms with van der Waals surface area (Å²) in [5, 5.41) is 0.106. The third kappa shape index (κ3) is 3.34. The van der Waals surface area contributed by atoms with E-state index in [0.717, 1.165) is 0 Å². The van der Waals surface area contributed by atoms with Crippen molar-refractivity contribution in [3.63, 3.8) is 0 Å². The lowest BCUT2D eigenvalue weighted by Gasteiger charge is -2.31. The van der Waals surface area contributed by atoms with Gasteiger partial charge in [-0.05, 0) is 18.2 Å². The zero-order valence-corrected chi connectivity index (χ0v) is 13.8. The second-order valence-corrected chi connectivity index (χ2v) is 5.15. The van der Waals surface area contributed by atoms with E-state index in [1.165, 1.54) is 37.3 Å². The zero-order chi connectivity index (χ0) is 17.9. The molecule has 24 heavy (non-hydrogen) atoms. The van der Waals surface area contributed by atoms with E-state index in [1.807, 2.05) is 0 Å². The van der Waals surface area contributed by atoms with Gasteiger partial charge in [-0.3, -0.25) is 4.79 Å². The van der Waals surface area contributed by atoms with E-state index in [9.17, 15) is 14.4 Å². The lowest BCUT2D eigenvalue weighted by Crippen LogP contribution is -2.38. The van der Waals surface area contributed by atoms with E-state index in [1.54, 1.807) is 0 Å². The van der Waals surface area contributed by atoms with Crippen LogP contribution in [0.15, 0.2) is 29.5 Å². The third-order valence-electron chi connectivity index (χ3n) is 3.36. The lowest BCUT2D eigenvalue weighted by molar-refractivity contribution is -0.140. The fraction of sp³-hybridized carbons (Fsp3) is 0.267. The predicted molar refractivity (Wildman–Crippen MR) is 84.3 cm³/mol. The highest BCUT2D eigenvalue weighted by molar-refractivity contribution is 6.34. The van der Waals surface area contributed by atoms with Crippen LogP contribution >= 0.6 is 11.6 Å². The molecule has 9 heteroatoms. The van der Waals surface area contributed by atoms with Gasteiger partial charge in [0.2, 0.25) is 5.91 Å². The Morgan fingerprint density at radius 1 is 1.21 bits per heavy atom. The van der Waals surface area contributed by atoms with E-state index in [-0.39, 0.29) is 35.2 Å². The SMILES string of the molecule is COC(=O)C1=C(C(=O)OC)N(c2ccc(C(N)=O)c(Cl)c2)COC1. The number of primary amides is 1. The second-order valence-electron chi connectivity index (χ2n) is 4.74. The molecule has 8 nitrogen and oxygen atoms in total. The van der Waals surface area contributed by atoms with Crippen LogP contribution < -0.4 is 10.6 Å². The third-order valence-corrected chi connectivity index (χ3v) is 3.68. The van der Waals surface area contributed by atoms with Crippen LogP contribution in [0.25, 0.3) is 0 Å². The number of halogens is 1. The molecule has 0 aromatic heterocycles. The maximum absolute atomic E-state index is 12.1. The van der Waals surface area contributed by atoms with E-state index in [0.29, 0.717) is 5.69 Å². The highest BCUT2D eigenvalue weighted by Gasteiger charge is 2.32. The molecule has 0 spiro atoms. The number of hydrogen-bond donors (Lipinski definition) is 1. The van der Waals surface area contributed by atoms with Crippen LogP contribution in [0.3, 0.4) is 0 Å². The summed E-state index contributed by atoms with van der Waals surface area (Å²) in [5.41, 5.74) is 5.77. The molecule has 0 aliphatic carbocycles. The first-order chi connectivity index (χ1) is 11.4. The Labute approximate surface area is 142 Å². The molecule has 1 aromatic carbocycles. The van der Waals surface area contributed by atoms with Crippen molar-refractivity contribution in [2.45, 2.75) is 0 Å². The first kappa shape index (κ1) is 17.8. The maximum Gasteiger partial charge on any atom is 0.355 e. The first-order valence-electron chi connectivity index (χ1n) is 6.75. The summed E-state index contributed by atoms with van der Waals surface area (Å²) in [6.45, 7) is -0.113. The molecule has 0 saturated carbocycles. The molecule has 1 amide bonds. The summed E-state index contributed by atoms with van der Waals surface area (Å²) in [5.74, 6) is -2.12. The number of nitrogens with two attached hydrogens (primary N) is 1. The highest BCUT2D eigenvalue weighted by Crippen LogP contribution is 2.30. The molecule has 0 saturated heterocycles. The van der Waals surface area contributed by atoms with Gasteiger partial charge in [-0.1, -0.05) is 11.6 Å². The molecule has 1 aliphatic heterocycles. The molecule has 0 bridgehead atoms. The molecule has 1 heterocycles. The molecule has 2 N–H and O–H groups in total. The van der Waals surface area contributed by atoms with Crippen molar-refractivity contribution in [3.8, 4) is 0 Å². The number of rotatable bonds is 4. The number of benzene rings is 1. The van der Waals surface area contributed by atoms with E-state index < -0.39 is 17.8 Å². The maximum atomic E-state index is 12.1. The summed E-state index contributed by atoms with van der Waals surface area (Å²) in [7, 11) is 2.39. The summed E-state index contributed by atoms with van der Waals surface area (Å²) in [6.07, 6.45) is 0. The number of nitrogens with zero attached hydrogens (tertiary/aromatic N) is 1. The number of anilines is 1. The van der Waals surface area contributed by atoms with Gasteiger partial charge in [0.1, 0.15) is 12.4 Å². The highest BCUT2D eigenvalue weighted by atomic mass is 35.5. The quantitative estimate of drug-likeness (QED) is 0.798. The molecule has 1 aliphatic rings. The molecular formula is C15H15ClN2O6. The van der Waals surface area contributed by atoms with Crippen molar-refractivity contribution in [3.05, 3.63) is 40.1 Å². The van der Waals surface area contributed by atoms with Crippen molar-refractivity contribution >= 4 is 35.1 Å². The second kappa shape index (κ2) is 7.33. The van der Waals surface area contributed by atoms with Gasteiger partial charge in [-0.15, -0.1) is 0 Å². The summed E-state index contributed by atoms with van der Waals surface area (Å²) < 4.78 is 14.8. The van der Waals surface area contributed by atoms with E-state index in [2.05, 4.69) is 4.74 Å². The van der Waals surface area contributed by atoms with Crippen LogP contribution in [0.2, 0.25) is 5.02 Å². The van der Waals surface area contributed by atoms with Crippen LogP contribution in [0.1, 0.15) is 10.4 Å². The van der Waals surface area contributed by atoms with Gasteiger partial charge in [0.15, 0.2) is 0 Å². The number of hydrogen-bond acceptors (Lipinski definition) is 7. The minimum atomic E-state index is -0.728. The topological polar surface area (TPSA) is 108 Å². The Hall–Kier alpha value is -2.58. The minimum Gasteiger partial charge on any atom is -0.466 e. The monoisotopic (exact) mass is 354 g/mol. The van der Waals surface area contributed by atoms with Crippen molar-refractivity contribution < 1.29 is 28.6 Å². The van der Waals surface area contributed by atoms with Gasteiger partial charge in [0.25, 0.3) is 0 Å². The minimum absolute atomic E-state index is 0.0153. The van der Waals surface area contributed by atoms with Gasteiger partial charge >= 0.3 is 11.9 Å². The van der Waals surface area contributed by atoms with Crippen molar-refractivity contribution in [2.24, 2.45) is 5.73 Å². The molecule has 0 atom stereocenters. The predicted octanol–water partition coefficient (Wildman–Crippen LogP) is 0.833. The molecule has 0 radical (unpaired) electrons. The number of ether oxygens (including phenoxy) is 3. The molecule has 128 valence electrons. The molecule has 0 fully saturated rings. The number of methoxy groups -OCH3 is 2. The fourth-order valence-corrected chi connectivity index (χ4v) is 2.49. The van der Waals surface area contributed by atoms with Crippen LogP contribution in [-0.2, 0) is 23.8 Å². The summed E-state index contributed by atoms with van der Waals surface area (Å²) in [6, 6.07) is 4.38. The summed E-state index contributed by atoms with van der Waals surface area (Å²) >= 11 is 6.04. The first-order valence-corrected chi connectivity index (χ1v) is 7.13. The number of carbonyl (C=O) groups excluding carboxylic acids is 3. The van der Waals surface area contributed by atoms with Crippen molar-refractivity contribution in [1.29, 1.82) is 0 Å². The van der Waals surface area contributed by atoms with Crippen LogP contribution in [0.5, 0.6) is 0 Å². The normalized spacial score (nSPS) is 14.4. The Morgan fingerprint density at radius 3 is 2.42 bits per heavy atom. The van der Waals surface area contributed by atoms with E-state index in [4.69, 9.17) is 26.8 Å². The van der Waals surface area contributed by atoms with Gasteiger partial charge in [0, 0.05) is 5.69 Å². The van der Waals surface area contributed by atoms with Crippen LogP contribution in [0.4, 0.5) is 5.69 Å². The lowest BCUT2D eigenvalue weighted by atomic mass is 10.1. The largest absolute Gasteiger partial charge is 0.466 e. The summed E-state index contributed by atoms with van der Waals surface area (Å²) in [4.78, 5) is 36.7. The number of esters is 2. The van der Waals surface area contributed by atoms with Crippen molar-refractivity contribution in [2.75, 3.05) is 32.5 Å².